The summed E-state index contributed by atoms with van der Waals surface area (Å²) in [6.07, 6.45) is 4.79. The van der Waals surface area contributed by atoms with Gasteiger partial charge in [0.2, 0.25) is 0 Å². The van der Waals surface area contributed by atoms with Crippen LogP contribution in [-0.4, -0.2) is 31.3 Å². The lowest BCUT2D eigenvalue weighted by Gasteiger charge is -2.10. The van der Waals surface area contributed by atoms with Crippen LogP contribution in [0.3, 0.4) is 0 Å². The molecule has 3 N–H and O–H groups in total. The molecule has 0 aliphatic heterocycles. The quantitative estimate of drug-likeness (QED) is 0.390. The Morgan fingerprint density at radius 1 is 1.18 bits per heavy atom. The Morgan fingerprint density at radius 2 is 1.97 bits per heavy atom. The fourth-order valence-corrected chi connectivity index (χ4v) is 4.67. The smallest absolute Gasteiger partial charge is 0.167 e. The third-order valence-corrected chi connectivity index (χ3v) is 6.18. The summed E-state index contributed by atoms with van der Waals surface area (Å²) in [4.78, 5) is 12.0. The van der Waals surface area contributed by atoms with Gasteiger partial charge in [-0.05, 0) is 36.1 Å². The number of H-pyrrole nitrogens is 1. The number of nitrogen functional groups attached to an aromatic ring is 1. The molecule has 0 atom stereocenters. The van der Waals surface area contributed by atoms with Gasteiger partial charge in [-0.2, -0.15) is 5.10 Å². The van der Waals surface area contributed by atoms with E-state index in [1.165, 1.54) is 23.5 Å². The summed E-state index contributed by atoms with van der Waals surface area (Å²) in [6, 6.07) is 13.6. The highest BCUT2D eigenvalue weighted by atomic mass is 19.1. The molecule has 7 nitrogen and oxygen atoms in total. The van der Waals surface area contributed by atoms with Crippen molar-refractivity contribution in [3.63, 3.8) is 0 Å². The number of hydrogen-bond acceptors (Lipinski definition) is 5. The van der Waals surface area contributed by atoms with E-state index in [1.807, 2.05) is 10.7 Å². The lowest BCUT2D eigenvalue weighted by molar-refractivity contribution is 0.342. The number of nitrogens with zero attached hydrogens (tertiary/aromatic N) is 4. The number of nitrogens with two attached hydrogens (primary N) is 1. The maximum atomic E-state index is 14.5. The predicted molar refractivity (Wildman–Crippen MR) is 126 cm³/mol. The number of aromatic amines is 1. The molecule has 0 bridgehead atoms. The van der Waals surface area contributed by atoms with Gasteiger partial charge in [-0.25, -0.2) is 19.0 Å². The molecule has 6 rings (SSSR count). The topological polar surface area (TPSA) is 94.6 Å². The molecular weight excluding hydrogens is 419 g/mol. The van der Waals surface area contributed by atoms with Crippen LogP contribution in [-0.2, 0) is 12.8 Å². The van der Waals surface area contributed by atoms with Crippen molar-refractivity contribution in [3.05, 3.63) is 78.4 Å². The van der Waals surface area contributed by atoms with Gasteiger partial charge in [0.15, 0.2) is 17.2 Å². The number of fused-ring (bicyclic) bond motifs is 3. The normalized spacial score (nSPS) is 13.6. The first kappa shape index (κ1) is 19.5. The highest BCUT2D eigenvalue weighted by Gasteiger charge is 2.28. The first-order valence-corrected chi connectivity index (χ1v) is 10.7. The summed E-state index contributed by atoms with van der Waals surface area (Å²) in [5.41, 5.74) is 11.6. The molecule has 33 heavy (non-hydrogen) atoms. The van der Waals surface area contributed by atoms with Gasteiger partial charge < -0.3 is 15.5 Å². The Bertz CT molecular complexity index is 1510. The molecule has 0 radical (unpaired) electrons. The Morgan fingerprint density at radius 3 is 2.73 bits per heavy atom. The molecule has 0 amide bonds. The van der Waals surface area contributed by atoms with Crippen molar-refractivity contribution in [2.75, 3.05) is 12.3 Å². The zero-order valence-electron chi connectivity index (χ0n) is 17.8. The summed E-state index contributed by atoms with van der Waals surface area (Å²) in [6.45, 7) is 3.84. The molecule has 1 aliphatic carbocycles. The lowest BCUT2D eigenvalue weighted by atomic mass is 10.1. The van der Waals surface area contributed by atoms with E-state index in [9.17, 15) is 4.39 Å². The molecule has 164 valence electrons. The molecule has 8 heteroatoms. The zero-order chi connectivity index (χ0) is 22.5. The summed E-state index contributed by atoms with van der Waals surface area (Å²) < 4.78 is 21.9. The second-order valence-electron chi connectivity index (χ2n) is 8.23. The van der Waals surface area contributed by atoms with E-state index in [0.29, 0.717) is 33.8 Å². The molecule has 0 fully saturated rings. The number of ether oxygens (including phenoxy) is 1. The molecule has 3 heterocycles. The molecule has 3 aromatic heterocycles. The van der Waals surface area contributed by atoms with Crippen LogP contribution >= 0.6 is 0 Å². The maximum Gasteiger partial charge on any atom is 0.167 e. The molecule has 0 spiro atoms. The first-order chi connectivity index (χ1) is 16.1. The van der Waals surface area contributed by atoms with E-state index in [4.69, 9.17) is 15.6 Å². The number of nitrogens with one attached hydrogen (secondary N) is 1. The van der Waals surface area contributed by atoms with Crippen molar-refractivity contribution in [1.82, 2.24) is 24.7 Å². The molecular formula is C25H21FN6O. The van der Waals surface area contributed by atoms with Crippen LogP contribution in [0.4, 0.5) is 10.2 Å². The minimum absolute atomic E-state index is 0.133. The maximum absolute atomic E-state index is 14.5. The van der Waals surface area contributed by atoms with E-state index in [2.05, 4.69) is 45.8 Å². The fraction of sp³-hybridized carbons (Fsp3) is 0.160. The molecule has 0 saturated carbocycles. The van der Waals surface area contributed by atoms with Crippen molar-refractivity contribution in [2.24, 2.45) is 0 Å². The van der Waals surface area contributed by atoms with Crippen LogP contribution in [0.15, 0.2) is 61.4 Å². The minimum atomic E-state index is -0.445. The third kappa shape index (κ3) is 3.14. The standard InChI is InChI=1S/C25H21FN6O/c1-2-7-33-21-11-16-10-20(30-19(16)12-18(21)26)23-22-24(27)28-13-29-25(22)32(31-23)17-8-14-5-3-4-6-15(14)9-17/h2-6,10-13,17,30H,1,7-9H2,(H2,27,28,29). The highest BCUT2D eigenvalue weighted by Crippen LogP contribution is 2.37. The van der Waals surface area contributed by atoms with E-state index < -0.39 is 5.82 Å². The molecule has 2 aromatic carbocycles. The summed E-state index contributed by atoms with van der Waals surface area (Å²) in [5, 5.41) is 6.43. The second-order valence-corrected chi connectivity index (χ2v) is 8.23. The van der Waals surface area contributed by atoms with Gasteiger partial charge in [-0.1, -0.05) is 36.9 Å². The molecule has 0 saturated heterocycles. The number of rotatable bonds is 5. The Hall–Kier alpha value is -4.20. The van der Waals surface area contributed by atoms with Crippen LogP contribution in [0, 0.1) is 5.82 Å². The van der Waals surface area contributed by atoms with E-state index in [0.717, 1.165) is 18.2 Å². The second kappa shape index (κ2) is 7.44. The first-order valence-electron chi connectivity index (χ1n) is 10.7. The fourth-order valence-electron chi connectivity index (χ4n) is 4.67. The van der Waals surface area contributed by atoms with Crippen molar-refractivity contribution in [1.29, 1.82) is 0 Å². The number of halogens is 1. The third-order valence-electron chi connectivity index (χ3n) is 6.18. The van der Waals surface area contributed by atoms with Gasteiger partial charge in [-0.15, -0.1) is 0 Å². The van der Waals surface area contributed by atoms with Gasteiger partial charge in [0, 0.05) is 17.0 Å². The van der Waals surface area contributed by atoms with Gasteiger partial charge in [0.25, 0.3) is 0 Å². The predicted octanol–water partition coefficient (Wildman–Crippen LogP) is 4.60. The molecule has 5 aromatic rings. The SMILES string of the molecule is C=CCOc1cc2cc(-c3nn(C4Cc5ccccc5C4)c4ncnc(N)c34)[nH]c2cc1F. The van der Waals surface area contributed by atoms with Crippen LogP contribution in [0.1, 0.15) is 17.2 Å². The monoisotopic (exact) mass is 440 g/mol. The lowest BCUT2D eigenvalue weighted by Crippen LogP contribution is -2.11. The number of anilines is 1. The highest BCUT2D eigenvalue weighted by molar-refractivity contribution is 6.00. The van der Waals surface area contributed by atoms with Crippen LogP contribution in [0.25, 0.3) is 33.3 Å². The largest absolute Gasteiger partial charge is 0.486 e. The van der Waals surface area contributed by atoms with Gasteiger partial charge in [-0.3, -0.25) is 0 Å². The number of hydrogen-bond donors (Lipinski definition) is 2. The van der Waals surface area contributed by atoms with E-state index in [-0.39, 0.29) is 18.4 Å². The summed E-state index contributed by atoms with van der Waals surface area (Å²) >= 11 is 0. The van der Waals surface area contributed by atoms with Crippen LogP contribution in [0.5, 0.6) is 5.75 Å². The van der Waals surface area contributed by atoms with Crippen molar-refractivity contribution < 1.29 is 9.13 Å². The van der Waals surface area contributed by atoms with Crippen LogP contribution < -0.4 is 10.5 Å². The van der Waals surface area contributed by atoms with Gasteiger partial charge in [0.05, 0.1) is 17.1 Å². The average molecular weight is 440 g/mol. The summed E-state index contributed by atoms with van der Waals surface area (Å²) in [7, 11) is 0. The Balaban J connectivity index is 1.48. The summed E-state index contributed by atoms with van der Waals surface area (Å²) in [5.74, 6) is 0.0891. The minimum Gasteiger partial charge on any atom is -0.486 e. The van der Waals surface area contributed by atoms with Gasteiger partial charge in [0.1, 0.15) is 24.4 Å². The van der Waals surface area contributed by atoms with Crippen molar-refractivity contribution in [2.45, 2.75) is 18.9 Å². The van der Waals surface area contributed by atoms with Crippen LogP contribution in [0.2, 0.25) is 0 Å². The zero-order valence-corrected chi connectivity index (χ0v) is 17.8. The van der Waals surface area contributed by atoms with Gasteiger partial charge >= 0.3 is 0 Å². The van der Waals surface area contributed by atoms with Crippen molar-refractivity contribution >= 4 is 27.8 Å². The average Bonchev–Trinajstić information content (AvgIpc) is 3.52. The Labute approximate surface area is 188 Å². The van der Waals surface area contributed by atoms with E-state index >= 15 is 0 Å². The van der Waals surface area contributed by atoms with Crippen molar-refractivity contribution in [3.8, 4) is 17.1 Å². The molecule has 1 aliphatic rings. The molecule has 0 unspecified atom stereocenters. The van der Waals surface area contributed by atoms with E-state index in [1.54, 1.807) is 12.1 Å². The Kier molecular flexibility index (Phi) is 4.39. The number of benzene rings is 2. The number of aromatic nitrogens is 5.